The van der Waals surface area contributed by atoms with Gasteiger partial charge >= 0.3 is 0 Å². The minimum absolute atomic E-state index is 0.870. The summed E-state index contributed by atoms with van der Waals surface area (Å²) in [5, 5.41) is 0. The highest BCUT2D eigenvalue weighted by Gasteiger charge is 2.44. The molecule has 3 nitrogen and oxygen atoms in total. The van der Waals surface area contributed by atoms with Gasteiger partial charge in [0.25, 0.3) is 0 Å². The van der Waals surface area contributed by atoms with Gasteiger partial charge in [0.15, 0.2) is 0 Å². The van der Waals surface area contributed by atoms with Gasteiger partial charge in [-0.15, -0.1) is 0 Å². The Bertz CT molecular complexity index is 233. The van der Waals surface area contributed by atoms with Crippen molar-refractivity contribution in [3.8, 4) is 0 Å². The second kappa shape index (κ2) is 3.72. The fourth-order valence-electron chi connectivity index (χ4n) is 3.67. The molecule has 3 fully saturated rings. The lowest BCUT2D eigenvalue weighted by molar-refractivity contribution is 0.0693. The summed E-state index contributed by atoms with van der Waals surface area (Å²) in [5.41, 5.74) is 0. The minimum atomic E-state index is 0.870. The van der Waals surface area contributed by atoms with Crippen LogP contribution in [0.3, 0.4) is 0 Å². The number of fused-ring (bicyclic) bond motifs is 2. The Morgan fingerprint density at radius 2 is 1.60 bits per heavy atom. The summed E-state index contributed by atoms with van der Waals surface area (Å²) < 4.78 is 0. The first-order valence-corrected chi connectivity index (χ1v) is 6.38. The van der Waals surface area contributed by atoms with Crippen molar-refractivity contribution in [2.75, 3.05) is 40.3 Å². The third-order valence-electron chi connectivity index (χ3n) is 4.71. The van der Waals surface area contributed by atoms with E-state index in [9.17, 15) is 0 Å². The van der Waals surface area contributed by atoms with E-state index in [1.54, 1.807) is 0 Å². The predicted octanol–water partition coefficient (Wildman–Crippen LogP) is 0.469. The van der Waals surface area contributed by atoms with Crippen molar-refractivity contribution in [2.24, 2.45) is 0 Å². The van der Waals surface area contributed by atoms with Gasteiger partial charge in [0.2, 0.25) is 0 Å². The smallest absolute Gasteiger partial charge is 0.0242 e. The van der Waals surface area contributed by atoms with E-state index in [1.165, 1.54) is 45.4 Å². The lowest BCUT2D eigenvalue weighted by Gasteiger charge is -2.41. The Morgan fingerprint density at radius 1 is 0.867 bits per heavy atom. The van der Waals surface area contributed by atoms with E-state index in [1.807, 2.05) is 0 Å². The zero-order valence-electron chi connectivity index (χ0n) is 10.0. The largest absolute Gasteiger partial charge is 0.306 e. The molecule has 0 aliphatic carbocycles. The van der Waals surface area contributed by atoms with Gasteiger partial charge in [0.05, 0.1) is 0 Å². The van der Waals surface area contributed by atoms with Gasteiger partial charge in [-0.1, -0.05) is 0 Å². The molecular formula is C12H23N3. The first-order chi connectivity index (χ1) is 7.24. The van der Waals surface area contributed by atoms with Crippen LogP contribution in [0.1, 0.15) is 19.3 Å². The second-order valence-electron chi connectivity index (χ2n) is 5.71. The van der Waals surface area contributed by atoms with E-state index >= 15 is 0 Å². The summed E-state index contributed by atoms with van der Waals surface area (Å²) in [6.45, 7) is 5.26. The van der Waals surface area contributed by atoms with Gasteiger partial charge in [0, 0.05) is 31.2 Å². The average molecular weight is 209 g/mol. The summed E-state index contributed by atoms with van der Waals surface area (Å²) in [5.74, 6) is 0. The third kappa shape index (κ3) is 1.71. The Hall–Kier alpha value is -0.120. The Labute approximate surface area is 93.0 Å². The molecule has 86 valence electrons. The van der Waals surface area contributed by atoms with E-state index in [0.717, 1.165) is 18.1 Å². The number of hydrogen-bond donors (Lipinski definition) is 0. The molecule has 0 aromatic heterocycles. The number of piperidine rings is 1. The molecule has 0 radical (unpaired) electrons. The van der Waals surface area contributed by atoms with Crippen molar-refractivity contribution >= 4 is 0 Å². The fraction of sp³-hybridized carbons (Fsp3) is 1.00. The molecule has 15 heavy (non-hydrogen) atoms. The van der Waals surface area contributed by atoms with Crippen LogP contribution in [0, 0.1) is 0 Å². The SMILES string of the molecule is CN1CCC(N2CC3CC2CN3C)CC1. The van der Waals surface area contributed by atoms with E-state index in [4.69, 9.17) is 0 Å². The number of nitrogens with zero attached hydrogens (tertiary/aromatic N) is 3. The Morgan fingerprint density at radius 3 is 2.13 bits per heavy atom. The molecule has 3 saturated heterocycles. The van der Waals surface area contributed by atoms with Crippen molar-refractivity contribution in [2.45, 2.75) is 37.4 Å². The van der Waals surface area contributed by atoms with Crippen LogP contribution in [-0.4, -0.2) is 73.1 Å². The van der Waals surface area contributed by atoms with Gasteiger partial charge in [-0.25, -0.2) is 0 Å². The highest BCUT2D eigenvalue weighted by atomic mass is 15.4. The van der Waals surface area contributed by atoms with Gasteiger partial charge in [-0.3, -0.25) is 4.90 Å². The van der Waals surface area contributed by atoms with Gasteiger partial charge < -0.3 is 9.80 Å². The third-order valence-corrected chi connectivity index (χ3v) is 4.71. The molecule has 0 amide bonds. The maximum Gasteiger partial charge on any atom is 0.0242 e. The molecule has 2 bridgehead atoms. The topological polar surface area (TPSA) is 9.72 Å². The van der Waals surface area contributed by atoms with E-state index in [-0.39, 0.29) is 0 Å². The van der Waals surface area contributed by atoms with Crippen LogP contribution < -0.4 is 0 Å². The van der Waals surface area contributed by atoms with Crippen LogP contribution in [0.4, 0.5) is 0 Å². The summed E-state index contributed by atoms with van der Waals surface area (Å²) in [6.07, 6.45) is 4.22. The highest BCUT2D eigenvalue weighted by molar-refractivity contribution is 5.01. The molecule has 3 rings (SSSR count). The van der Waals surface area contributed by atoms with Crippen LogP contribution in [0.25, 0.3) is 0 Å². The summed E-state index contributed by atoms with van der Waals surface area (Å²) in [7, 11) is 4.54. The molecule has 3 aliphatic rings. The number of rotatable bonds is 1. The predicted molar refractivity (Wildman–Crippen MR) is 62.0 cm³/mol. The monoisotopic (exact) mass is 209 g/mol. The standard InChI is InChI=1S/C12H23N3/c1-13-5-3-10(4-6-13)15-9-11-7-12(15)8-14(11)2/h10-12H,3-9H2,1-2H3. The molecule has 0 N–H and O–H groups in total. The Balaban J connectivity index is 1.61. The van der Waals surface area contributed by atoms with Crippen molar-refractivity contribution in [3.05, 3.63) is 0 Å². The molecule has 3 aliphatic heterocycles. The van der Waals surface area contributed by atoms with E-state index in [2.05, 4.69) is 28.8 Å². The first-order valence-electron chi connectivity index (χ1n) is 6.38. The molecule has 0 saturated carbocycles. The van der Waals surface area contributed by atoms with Crippen molar-refractivity contribution in [1.82, 2.24) is 14.7 Å². The van der Waals surface area contributed by atoms with Gasteiger partial charge in [-0.05, 0) is 46.4 Å². The normalized spacial score (nSPS) is 40.4. The van der Waals surface area contributed by atoms with Crippen LogP contribution in [0.5, 0.6) is 0 Å². The number of likely N-dealkylation sites (N-methyl/N-ethyl adjacent to an activating group) is 1. The van der Waals surface area contributed by atoms with Crippen molar-refractivity contribution in [3.63, 3.8) is 0 Å². The zero-order chi connectivity index (χ0) is 10.4. The zero-order valence-corrected chi connectivity index (χ0v) is 10.0. The maximum absolute atomic E-state index is 2.82. The quantitative estimate of drug-likeness (QED) is 0.621. The lowest BCUT2D eigenvalue weighted by Crippen LogP contribution is -2.52. The summed E-state index contributed by atoms with van der Waals surface area (Å²) >= 11 is 0. The average Bonchev–Trinajstić information content (AvgIpc) is 2.77. The molecule has 3 heteroatoms. The maximum atomic E-state index is 2.82. The molecule has 0 aromatic carbocycles. The fourth-order valence-corrected chi connectivity index (χ4v) is 3.67. The minimum Gasteiger partial charge on any atom is -0.306 e. The highest BCUT2D eigenvalue weighted by Crippen LogP contribution is 2.33. The van der Waals surface area contributed by atoms with E-state index in [0.29, 0.717) is 0 Å². The molecular weight excluding hydrogens is 186 g/mol. The Kier molecular flexibility index (Phi) is 2.49. The molecule has 3 heterocycles. The summed E-state index contributed by atoms with van der Waals surface area (Å²) in [4.78, 5) is 7.84. The number of likely N-dealkylation sites (tertiary alicyclic amines) is 3. The van der Waals surface area contributed by atoms with Gasteiger partial charge in [0.1, 0.15) is 0 Å². The van der Waals surface area contributed by atoms with Crippen LogP contribution in [-0.2, 0) is 0 Å². The van der Waals surface area contributed by atoms with Crippen molar-refractivity contribution in [1.29, 1.82) is 0 Å². The first kappa shape index (κ1) is 10.1. The molecule has 0 spiro atoms. The van der Waals surface area contributed by atoms with E-state index < -0.39 is 0 Å². The molecule has 2 atom stereocenters. The number of piperazine rings is 1. The van der Waals surface area contributed by atoms with Gasteiger partial charge in [-0.2, -0.15) is 0 Å². The van der Waals surface area contributed by atoms with Crippen LogP contribution in [0.15, 0.2) is 0 Å². The molecule has 0 aromatic rings. The van der Waals surface area contributed by atoms with Crippen LogP contribution in [0.2, 0.25) is 0 Å². The van der Waals surface area contributed by atoms with Crippen LogP contribution >= 0.6 is 0 Å². The molecule has 2 unspecified atom stereocenters. The number of hydrogen-bond acceptors (Lipinski definition) is 3. The lowest BCUT2D eigenvalue weighted by atomic mass is 10.0. The summed E-state index contributed by atoms with van der Waals surface area (Å²) in [6, 6.07) is 2.65. The second-order valence-corrected chi connectivity index (χ2v) is 5.71. The van der Waals surface area contributed by atoms with Crippen molar-refractivity contribution < 1.29 is 0 Å².